The standard InChI is InChI=1S/C16H19F2NO/c1-2-7-19-16(6-5-15-4-3-8-20-15)12-9-13(17)11-14(18)10-12/h3-4,8-11,16,19H,2,5-7H2,1H3. The van der Waals surface area contributed by atoms with Gasteiger partial charge in [0.25, 0.3) is 0 Å². The predicted molar refractivity (Wildman–Crippen MR) is 74.4 cm³/mol. The molecule has 0 amide bonds. The van der Waals surface area contributed by atoms with Crippen molar-refractivity contribution in [1.82, 2.24) is 5.32 Å². The summed E-state index contributed by atoms with van der Waals surface area (Å²) in [5.41, 5.74) is 0.641. The first-order valence-corrected chi connectivity index (χ1v) is 6.90. The number of nitrogens with one attached hydrogen (secondary N) is 1. The Kier molecular flexibility index (Phi) is 5.30. The summed E-state index contributed by atoms with van der Waals surface area (Å²) in [6.45, 7) is 2.86. The van der Waals surface area contributed by atoms with Crippen molar-refractivity contribution < 1.29 is 13.2 Å². The zero-order chi connectivity index (χ0) is 14.4. The van der Waals surface area contributed by atoms with Crippen LogP contribution in [0.4, 0.5) is 8.78 Å². The molecule has 0 radical (unpaired) electrons. The van der Waals surface area contributed by atoms with Crippen LogP contribution in [0.15, 0.2) is 41.0 Å². The Morgan fingerprint density at radius 2 is 1.95 bits per heavy atom. The van der Waals surface area contributed by atoms with Crippen LogP contribution in [0.2, 0.25) is 0 Å². The van der Waals surface area contributed by atoms with Crippen molar-refractivity contribution in [1.29, 1.82) is 0 Å². The van der Waals surface area contributed by atoms with Gasteiger partial charge in [-0.1, -0.05) is 6.92 Å². The van der Waals surface area contributed by atoms with E-state index in [4.69, 9.17) is 4.42 Å². The fourth-order valence-corrected chi connectivity index (χ4v) is 2.22. The highest BCUT2D eigenvalue weighted by atomic mass is 19.1. The molecule has 1 unspecified atom stereocenters. The van der Waals surface area contributed by atoms with Gasteiger partial charge in [-0.15, -0.1) is 0 Å². The number of hydrogen-bond acceptors (Lipinski definition) is 2. The van der Waals surface area contributed by atoms with Crippen molar-refractivity contribution in [3.05, 3.63) is 59.6 Å². The first kappa shape index (κ1) is 14.7. The van der Waals surface area contributed by atoms with Crippen LogP contribution >= 0.6 is 0 Å². The van der Waals surface area contributed by atoms with Gasteiger partial charge in [0.15, 0.2) is 0 Å². The molecule has 2 aromatic rings. The van der Waals surface area contributed by atoms with Gasteiger partial charge in [-0.3, -0.25) is 0 Å². The Morgan fingerprint density at radius 3 is 2.55 bits per heavy atom. The summed E-state index contributed by atoms with van der Waals surface area (Å²) in [4.78, 5) is 0. The molecule has 4 heteroatoms. The van der Waals surface area contributed by atoms with Crippen LogP contribution < -0.4 is 5.32 Å². The van der Waals surface area contributed by atoms with E-state index in [0.29, 0.717) is 5.56 Å². The minimum Gasteiger partial charge on any atom is -0.469 e. The van der Waals surface area contributed by atoms with Crippen LogP contribution in [0, 0.1) is 11.6 Å². The maximum atomic E-state index is 13.3. The lowest BCUT2D eigenvalue weighted by atomic mass is 10.0. The van der Waals surface area contributed by atoms with Crippen molar-refractivity contribution in [3.63, 3.8) is 0 Å². The third-order valence-corrected chi connectivity index (χ3v) is 3.19. The van der Waals surface area contributed by atoms with E-state index in [9.17, 15) is 8.78 Å². The number of hydrogen-bond donors (Lipinski definition) is 1. The molecule has 1 N–H and O–H groups in total. The summed E-state index contributed by atoms with van der Waals surface area (Å²) in [6, 6.07) is 7.34. The molecule has 2 rings (SSSR count). The third-order valence-electron chi connectivity index (χ3n) is 3.19. The normalized spacial score (nSPS) is 12.6. The van der Waals surface area contributed by atoms with Gasteiger partial charge in [-0.2, -0.15) is 0 Å². The van der Waals surface area contributed by atoms with Crippen molar-refractivity contribution in [3.8, 4) is 0 Å². The molecule has 0 bridgehead atoms. The zero-order valence-electron chi connectivity index (χ0n) is 11.5. The topological polar surface area (TPSA) is 25.2 Å². The lowest BCUT2D eigenvalue weighted by Gasteiger charge is -2.18. The molecule has 108 valence electrons. The SMILES string of the molecule is CCCNC(CCc1ccco1)c1cc(F)cc(F)c1. The highest BCUT2D eigenvalue weighted by Gasteiger charge is 2.14. The van der Waals surface area contributed by atoms with Crippen LogP contribution in [-0.2, 0) is 6.42 Å². The summed E-state index contributed by atoms with van der Waals surface area (Å²) in [5, 5.41) is 3.33. The summed E-state index contributed by atoms with van der Waals surface area (Å²) in [5.74, 6) is -0.201. The van der Waals surface area contributed by atoms with Gasteiger partial charge in [-0.25, -0.2) is 8.78 Å². The zero-order valence-corrected chi connectivity index (χ0v) is 11.5. The molecule has 2 nitrogen and oxygen atoms in total. The quantitative estimate of drug-likeness (QED) is 0.820. The Bertz CT molecular complexity index is 505. The number of benzene rings is 1. The molecule has 1 heterocycles. The molecule has 0 fully saturated rings. The van der Waals surface area contributed by atoms with Crippen molar-refractivity contribution >= 4 is 0 Å². The van der Waals surface area contributed by atoms with E-state index in [2.05, 4.69) is 12.2 Å². The largest absolute Gasteiger partial charge is 0.469 e. The molecule has 1 aromatic carbocycles. The fraction of sp³-hybridized carbons (Fsp3) is 0.375. The monoisotopic (exact) mass is 279 g/mol. The van der Waals surface area contributed by atoms with E-state index in [1.165, 1.54) is 12.1 Å². The lowest BCUT2D eigenvalue weighted by Crippen LogP contribution is -2.23. The third kappa shape index (κ3) is 4.17. The van der Waals surface area contributed by atoms with Gasteiger partial charge < -0.3 is 9.73 Å². The molecule has 0 aliphatic carbocycles. The minimum absolute atomic E-state index is 0.0785. The van der Waals surface area contributed by atoms with E-state index in [1.54, 1.807) is 6.26 Å². The molecule has 1 atom stereocenters. The van der Waals surface area contributed by atoms with Crippen LogP contribution in [0.3, 0.4) is 0 Å². The maximum Gasteiger partial charge on any atom is 0.126 e. The van der Waals surface area contributed by atoms with E-state index >= 15 is 0 Å². The average molecular weight is 279 g/mol. The number of aryl methyl sites for hydroxylation is 1. The van der Waals surface area contributed by atoms with E-state index in [0.717, 1.165) is 37.6 Å². The minimum atomic E-state index is -0.540. The number of halogens is 2. The number of rotatable bonds is 7. The Labute approximate surface area is 117 Å². The summed E-state index contributed by atoms with van der Waals surface area (Å²) < 4.78 is 32.0. The predicted octanol–water partition coefficient (Wildman–Crippen LogP) is 4.23. The second-order valence-electron chi connectivity index (χ2n) is 4.83. The molecule has 0 saturated heterocycles. The smallest absolute Gasteiger partial charge is 0.126 e. The van der Waals surface area contributed by atoms with Gasteiger partial charge in [0, 0.05) is 18.5 Å². The van der Waals surface area contributed by atoms with Gasteiger partial charge in [0.1, 0.15) is 17.4 Å². The van der Waals surface area contributed by atoms with E-state index in [1.807, 2.05) is 12.1 Å². The second-order valence-corrected chi connectivity index (χ2v) is 4.83. The van der Waals surface area contributed by atoms with Gasteiger partial charge in [0.05, 0.1) is 6.26 Å². The molecule has 20 heavy (non-hydrogen) atoms. The fourth-order valence-electron chi connectivity index (χ4n) is 2.22. The molecule has 1 aromatic heterocycles. The van der Waals surface area contributed by atoms with Gasteiger partial charge in [-0.05, 0) is 49.2 Å². The highest BCUT2D eigenvalue weighted by Crippen LogP contribution is 2.21. The molecule has 0 spiro atoms. The Morgan fingerprint density at radius 1 is 1.20 bits per heavy atom. The van der Waals surface area contributed by atoms with Crippen LogP contribution in [0.1, 0.15) is 37.1 Å². The highest BCUT2D eigenvalue weighted by molar-refractivity contribution is 5.21. The molecule has 0 aliphatic heterocycles. The van der Waals surface area contributed by atoms with Crippen molar-refractivity contribution in [2.45, 2.75) is 32.2 Å². The molecule has 0 aliphatic rings. The number of furan rings is 1. The van der Waals surface area contributed by atoms with Crippen molar-refractivity contribution in [2.24, 2.45) is 0 Å². The second kappa shape index (κ2) is 7.20. The van der Waals surface area contributed by atoms with E-state index < -0.39 is 11.6 Å². The molecule has 0 saturated carbocycles. The van der Waals surface area contributed by atoms with Crippen LogP contribution in [-0.4, -0.2) is 6.54 Å². The van der Waals surface area contributed by atoms with Crippen LogP contribution in [0.25, 0.3) is 0 Å². The Hall–Kier alpha value is -1.68. The summed E-state index contributed by atoms with van der Waals surface area (Å²) >= 11 is 0. The van der Waals surface area contributed by atoms with Gasteiger partial charge in [0.2, 0.25) is 0 Å². The molecular weight excluding hydrogens is 260 g/mol. The lowest BCUT2D eigenvalue weighted by molar-refractivity contribution is 0.449. The average Bonchev–Trinajstić information content (AvgIpc) is 2.91. The maximum absolute atomic E-state index is 13.3. The van der Waals surface area contributed by atoms with E-state index in [-0.39, 0.29) is 6.04 Å². The van der Waals surface area contributed by atoms with Crippen molar-refractivity contribution in [2.75, 3.05) is 6.54 Å². The van der Waals surface area contributed by atoms with Crippen LogP contribution in [0.5, 0.6) is 0 Å². The molecular formula is C16H19F2NO. The first-order valence-electron chi connectivity index (χ1n) is 6.90. The first-order chi connectivity index (χ1) is 9.69. The summed E-state index contributed by atoms with van der Waals surface area (Å²) in [7, 11) is 0. The Balaban J connectivity index is 2.09. The van der Waals surface area contributed by atoms with Gasteiger partial charge >= 0.3 is 0 Å². The summed E-state index contributed by atoms with van der Waals surface area (Å²) in [6.07, 6.45) is 4.06.